The number of hydrogen-bond donors (Lipinski definition) is 1. The van der Waals surface area contributed by atoms with Crippen molar-refractivity contribution in [3.8, 4) is 0 Å². The number of allylic oxidation sites excluding steroid dienone is 2. The minimum Gasteiger partial charge on any atom is -0.466 e. The zero-order valence-corrected chi connectivity index (χ0v) is 17.2. The number of benzene rings is 2. The second kappa shape index (κ2) is 8.32. The molecule has 2 aromatic rings. The number of fused-ring (bicyclic) bond motifs is 2. The summed E-state index contributed by atoms with van der Waals surface area (Å²) < 4.78 is 16.5. The third kappa shape index (κ3) is 3.54. The van der Waals surface area contributed by atoms with E-state index in [4.69, 9.17) is 14.2 Å². The molecule has 5 rings (SSSR count). The van der Waals surface area contributed by atoms with E-state index in [2.05, 4.69) is 10.3 Å². The van der Waals surface area contributed by atoms with Crippen LogP contribution in [0.15, 0.2) is 83.2 Å². The molecule has 1 amide bonds. The zero-order chi connectivity index (χ0) is 22.0. The number of alkyl carbamates (subject to hydrolysis) is 1. The molecule has 3 aliphatic rings. The van der Waals surface area contributed by atoms with Crippen molar-refractivity contribution in [3.63, 3.8) is 0 Å². The summed E-state index contributed by atoms with van der Waals surface area (Å²) in [5.41, 5.74) is 1.20. The van der Waals surface area contributed by atoms with Crippen molar-refractivity contribution in [2.45, 2.75) is 12.3 Å². The van der Waals surface area contributed by atoms with Gasteiger partial charge in [-0.15, -0.1) is 0 Å². The molecule has 0 radical (unpaired) electrons. The molecule has 0 bridgehead atoms. The van der Waals surface area contributed by atoms with Crippen molar-refractivity contribution in [2.24, 2.45) is 4.99 Å². The molecule has 1 aliphatic carbocycles. The van der Waals surface area contributed by atoms with Gasteiger partial charge in [-0.1, -0.05) is 48.5 Å². The normalized spacial score (nSPS) is 21.5. The van der Waals surface area contributed by atoms with Crippen LogP contribution >= 0.6 is 0 Å². The van der Waals surface area contributed by atoms with Gasteiger partial charge in [0.2, 0.25) is 5.78 Å². The highest BCUT2D eigenvalue weighted by Gasteiger charge is 2.54. The molecule has 1 N–H and O–H groups in total. The number of amides is 1. The average molecular weight is 431 g/mol. The number of hydrogen-bond acceptors (Lipinski definition) is 7. The number of carbonyl (C=O) groups is 2. The number of aliphatic imine (C=N–C) groups is 1. The summed E-state index contributed by atoms with van der Waals surface area (Å²) in [5.74, 6) is -0.205. The van der Waals surface area contributed by atoms with Crippen LogP contribution in [-0.4, -0.2) is 43.7 Å². The Morgan fingerprint density at radius 2 is 1.94 bits per heavy atom. The molecular weight excluding hydrogens is 410 g/mol. The summed E-state index contributed by atoms with van der Waals surface area (Å²) in [6, 6.07) is 17.0. The van der Waals surface area contributed by atoms with Gasteiger partial charge in [-0.2, -0.15) is 0 Å². The van der Waals surface area contributed by atoms with Crippen molar-refractivity contribution in [2.75, 3.05) is 24.8 Å². The standard InChI is InChI=1S/C24H21N3O5/c28-22-20(27-13-12-25-14-18-8-4-5-9-19(18)27)10-11-21-24(22,32-16-31-21)26-23(29)30-15-17-6-2-1-3-7-17/h1-11,14H,12-13,15-16H2,(H,26,29). The van der Waals surface area contributed by atoms with E-state index in [0.29, 0.717) is 18.8 Å². The summed E-state index contributed by atoms with van der Waals surface area (Å²) in [7, 11) is 0. The van der Waals surface area contributed by atoms with E-state index in [1.807, 2.05) is 59.5 Å². The van der Waals surface area contributed by atoms with Crippen LogP contribution in [0.2, 0.25) is 0 Å². The van der Waals surface area contributed by atoms with E-state index < -0.39 is 17.6 Å². The zero-order valence-electron chi connectivity index (χ0n) is 17.2. The molecule has 8 heteroatoms. The van der Waals surface area contributed by atoms with E-state index in [9.17, 15) is 9.59 Å². The lowest BCUT2D eigenvalue weighted by molar-refractivity contribution is -0.135. The number of para-hydroxylation sites is 1. The van der Waals surface area contributed by atoms with Gasteiger partial charge in [0.15, 0.2) is 12.6 Å². The van der Waals surface area contributed by atoms with E-state index in [1.165, 1.54) is 0 Å². The minimum atomic E-state index is -1.76. The number of Topliss-reactive ketones (excluding diaryl/α,β-unsaturated/α-hetero) is 1. The molecule has 2 heterocycles. The molecule has 1 fully saturated rings. The molecule has 2 aliphatic heterocycles. The molecule has 0 saturated carbocycles. The Hall–Kier alpha value is -3.91. The maximum atomic E-state index is 13.7. The van der Waals surface area contributed by atoms with Crippen molar-refractivity contribution < 1.29 is 23.8 Å². The number of nitrogens with one attached hydrogen (secondary N) is 1. The number of benzodiazepines with no additional fused rings is 1. The number of carbonyl (C=O) groups excluding carboxylic acids is 2. The monoisotopic (exact) mass is 431 g/mol. The van der Waals surface area contributed by atoms with Gasteiger partial charge in [0, 0.05) is 18.3 Å². The topological polar surface area (TPSA) is 89.5 Å². The first-order valence-corrected chi connectivity index (χ1v) is 10.3. The van der Waals surface area contributed by atoms with Gasteiger partial charge >= 0.3 is 6.09 Å². The first kappa shape index (κ1) is 20.0. The summed E-state index contributed by atoms with van der Waals surface area (Å²) >= 11 is 0. The van der Waals surface area contributed by atoms with Gasteiger partial charge in [0.25, 0.3) is 5.72 Å². The van der Waals surface area contributed by atoms with Crippen LogP contribution in [0.3, 0.4) is 0 Å². The average Bonchev–Trinajstić information content (AvgIpc) is 3.12. The molecule has 0 spiro atoms. The smallest absolute Gasteiger partial charge is 0.410 e. The molecule has 0 aromatic heterocycles. The SMILES string of the molecule is O=C(NC12OCOC1=CC=C(N1CCN=Cc3ccccc31)C2=O)OCc1ccccc1. The fraction of sp³-hybridized carbons (Fsp3) is 0.208. The maximum Gasteiger partial charge on any atom is 0.410 e. The Morgan fingerprint density at radius 1 is 1.12 bits per heavy atom. The van der Waals surface area contributed by atoms with Crippen molar-refractivity contribution in [3.05, 3.63) is 89.3 Å². The summed E-state index contributed by atoms with van der Waals surface area (Å²) in [4.78, 5) is 32.6. The highest BCUT2D eigenvalue weighted by Crippen LogP contribution is 2.37. The fourth-order valence-corrected chi connectivity index (χ4v) is 3.91. The lowest BCUT2D eigenvalue weighted by Gasteiger charge is -2.34. The fourth-order valence-electron chi connectivity index (χ4n) is 3.91. The lowest BCUT2D eigenvalue weighted by Crippen LogP contribution is -2.58. The molecular formula is C24H21N3O5. The Balaban J connectivity index is 1.39. The van der Waals surface area contributed by atoms with Gasteiger partial charge in [-0.25, -0.2) is 4.79 Å². The second-order valence-corrected chi connectivity index (χ2v) is 7.43. The first-order chi connectivity index (χ1) is 15.7. The Morgan fingerprint density at radius 3 is 2.81 bits per heavy atom. The molecule has 2 aromatic carbocycles. The largest absolute Gasteiger partial charge is 0.466 e. The van der Waals surface area contributed by atoms with Crippen LogP contribution in [0.4, 0.5) is 10.5 Å². The quantitative estimate of drug-likeness (QED) is 0.801. The van der Waals surface area contributed by atoms with Crippen LogP contribution in [0.1, 0.15) is 11.1 Å². The van der Waals surface area contributed by atoms with Gasteiger partial charge in [-0.3, -0.25) is 15.1 Å². The number of rotatable bonds is 4. The van der Waals surface area contributed by atoms with Crippen molar-refractivity contribution >= 4 is 23.8 Å². The van der Waals surface area contributed by atoms with Crippen LogP contribution in [-0.2, 0) is 25.6 Å². The second-order valence-electron chi connectivity index (χ2n) is 7.43. The predicted molar refractivity (Wildman–Crippen MR) is 117 cm³/mol. The molecule has 162 valence electrons. The highest BCUT2D eigenvalue weighted by atomic mass is 16.7. The Labute approximate surface area is 184 Å². The van der Waals surface area contributed by atoms with Crippen LogP contribution in [0, 0.1) is 0 Å². The predicted octanol–water partition coefficient (Wildman–Crippen LogP) is 2.90. The number of ketones is 1. The van der Waals surface area contributed by atoms with Gasteiger partial charge in [0.05, 0.1) is 17.9 Å². The molecule has 32 heavy (non-hydrogen) atoms. The first-order valence-electron chi connectivity index (χ1n) is 10.3. The summed E-state index contributed by atoms with van der Waals surface area (Å²) in [6.07, 6.45) is 4.35. The van der Waals surface area contributed by atoms with E-state index in [1.54, 1.807) is 18.4 Å². The van der Waals surface area contributed by atoms with Crippen LogP contribution in [0.5, 0.6) is 0 Å². The summed E-state index contributed by atoms with van der Waals surface area (Å²) in [5, 5.41) is 2.60. The van der Waals surface area contributed by atoms with Crippen molar-refractivity contribution in [1.29, 1.82) is 0 Å². The van der Waals surface area contributed by atoms with Crippen molar-refractivity contribution in [1.82, 2.24) is 5.32 Å². The molecule has 1 atom stereocenters. The van der Waals surface area contributed by atoms with E-state index >= 15 is 0 Å². The summed E-state index contributed by atoms with van der Waals surface area (Å²) in [6.45, 7) is 0.935. The molecule has 1 unspecified atom stereocenters. The highest BCUT2D eigenvalue weighted by molar-refractivity contribution is 6.09. The number of anilines is 1. The minimum absolute atomic E-state index is 0.0659. The lowest BCUT2D eigenvalue weighted by atomic mass is 9.96. The number of nitrogens with zero attached hydrogens (tertiary/aromatic N) is 2. The van der Waals surface area contributed by atoms with Gasteiger partial charge in [0.1, 0.15) is 6.61 Å². The Bertz CT molecular complexity index is 1140. The third-order valence-electron chi connectivity index (χ3n) is 5.47. The van der Waals surface area contributed by atoms with Crippen LogP contribution in [0.25, 0.3) is 0 Å². The third-order valence-corrected chi connectivity index (χ3v) is 5.47. The van der Waals surface area contributed by atoms with Gasteiger partial charge in [-0.05, 0) is 23.8 Å². The maximum absolute atomic E-state index is 13.7. The van der Waals surface area contributed by atoms with Crippen LogP contribution < -0.4 is 10.2 Å². The number of ether oxygens (including phenoxy) is 3. The van der Waals surface area contributed by atoms with E-state index in [0.717, 1.165) is 16.8 Å². The Kier molecular flexibility index (Phi) is 5.20. The van der Waals surface area contributed by atoms with E-state index in [-0.39, 0.29) is 19.2 Å². The molecule has 1 saturated heterocycles. The molecule has 8 nitrogen and oxygen atoms in total. The van der Waals surface area contributed by atoms with Gasteiger partial charge < -0.3 is 19.1 Å².